The number of sulfonamides is 1. The van der Waals surface area contributed by atoms with E-state index in [0.29, 0.717) is 16.6 Å². The standard InChI is InChI=1S/C19H17N5O4S2/c1-20-30(26,27)14-9-8-13(28-14)18(25)23-19-22-15(12-6-4-3-5-7-12)16(29-19)17-21-10-11-24(17)2/h3-11,20H,1-2H3,(H,22,23,25). The van der Waals surface area contributed by atoms with Crippen LogP contribution in [0, 0.1) is 0 Å². The highest BCUT2D eigenvalue weighted by Crippen LogP contribution is 2.38. The third-order valence-electron chi connectivity index (χ3n) is 4.26. The second-order valence-corrected chi connectivity index (χ2v) is 9.02. The van der Waals surface area contributed by atoms with Gasteiger partial charge >= 0.3 is 0 Å². The summed E-state index contributed by atoms with van der Waals surface area (Å²) in [7, 11) is -0.639. The van der Waals surface area contributed by atoms with E-state index in [1.54, 1.807) is 6.20 Å². The zero-order valence-corrected chi connectivity index (χ0v) is 17.6. The van der Waals surface area contributed by atoms with E-state index in [1.165, 1.54) is 30.5 Å². The molecule has 0 fully saturated rings. The quantitative estimate of drug-likeness (QED) is 0.473. The number of aromatic nitrogens is 3. The Kier molecular flexibility index (Phi) is 5.24. The number of aryl methyl sites for hydroxylation is 1. The number of amides is 1. The smallest absolute Gasteiger partial charge is 0.293 e. The van der Waals surface area contributed by atoms with Crippen molar-refractivity contribution in [2.75, 3.05) is 12.4 Å². The molecule has 3 heterocycles. The Hall–Kier alpha value is -3.28. The number of anilines is 1. The molecule has 11 heteroatoms. The van der Waals surface area contributed by atoms with Gasteiger partial charge in [0.2, 0.25) is 5.09 Å². The predicted molar refractivity (Wildman–Crippen MR) is 113 cm³/mol. The zero-order valence-electron chi connectivity index (χ0n) is 16.0. The van der Waals surface area contributed by atoms with Crippen LogP contribution < -0.4 is 10.0 Å². The number of hydrogen-bond acceptors (Lipinski definition) is 7. The predicted octanol–water partition coefficient (Wildman–Crippen LogP) is 2.96. The summed E-state index contributed by atoms with van der Waals surface area (Å²) in [4.78, 5) is 22.3. The van der Waals surface area contributed by atoms with Gasteiger partial charge in [0.05, 0.1) is 10.6 Å². The van der Waals surface area contributed by atoms with E-state index in [1.807, 2.05) is 48.1 Å². The number of benzene rings is 1. The molecule has 0 radical (unpaired) electrons. The summed E-state index contributed by atoms with van der Waals surface area (Å²) in [6.45, 7) is 0. The summed E-state index contributed by atoms with van der Waals surface area (Å²) < 4.78 is 32.8. The number of hydrogen-bond donors (Lipinski definition) is 2. The fraction of sp³-hybridized carbons (Fsp3) is 0.105. The summed E-state index contributed by atoms with van der Waals surface area (Å²) in [6, 6.07) is 12.1. The minimum Gasteiger partial charge on any atom is -0.438 e. The molecule has 0 bridgehead atoms. The fourth-order valence-electron chi connectivity index (χ4n) is 2.75. The van der Waals surface area contributed by atoms with Crippen LogP contribution in [0.5, 0.6) is 0 Å². The number of nitrogens with zero attached hydrogens (tertiary/aromatic N) is 3. The maximum Gasteiger partial charge on any atom is 0.293 e. The minimum absolute atomic E-state index is 0.140. The van der Waals surface area contributed by atoms with Gasteiger partial charge in [0.1, 0.15) is 0 Å². The first-order valence-electron chi connectivity index (χ1n) is 8.77. The first kappa shape index (κ1) is 20.0. The summed E-state index contributed by atoms with van der Waals surface area (Å²) in [6.07, 6.45) is 3.52. The number of carbonyl (C=O) groups excluding carboxylic acids is 1. The topological polar surface area (TPSA) is 119 Å². The molecule has 9 nitrogen and oxygen atoms in total. The van der Waals surface area contributed by atoms with Crippen LogP contribution in [0.4, 0.5) is 5.13 Å². The number of nitrogens with one attached hydrogen (secondary N) is 2. The second kappa shape index (κ2) is 7.86. The van der Waals surface area contributed by atoms with Crippen molar-refractivity contribution in [3.8, 4) is 22.0 Å². The average molecular weight is 444 g/mol. The number of rotatable bonds is 6. The number of thiazole rings is 1. The van der Waals surface area contributed by atoms with Crippen LogP contribution in [-0.4, -0.2) is 35.9 Å². The Balaban J connectivity index is 1.68. The fourth-order valence-corrected chi connectivity index (χ4v) is 4.42. The van der Waals surface area contributed by atoms with Gasteiger partial charge in [0.25, 0.3) is 15.9 Å². The average Bonchev–Trinajstić information content (AvgIpc) is 3.48. The highest BCUT2D eigenvalue weighted by Gasteiger charge is 2.22. The molecule has 0 aliphatic carbocycles. The second-order valence-electron chi connectivity index (χ2n) is 6.20. The zero-order chi connectivity index (χ0) is 21.3. The molecule has 4 rings (SSSR count). The molecule has 30 heavy (non-hydrogen) atoms. The minimum atomic E-state index is -3.78. The summed E-state index contributed by atoms with van der Waals surface area (Å²) in [5, 5.41) is 2.67. The van der Waals surface area contributed by atoms with E-state index in [2.05, 4.69) is 20.0 Å². The Morgan fingerprint density at radius 2 is 1.93 bits per heavy atom. The lowest BCUT2D eigenvalue weighted by Crippen LogP contribution is -2.18. The van der Waals surface area contributed by atoms with Crippen LogP contribution in [0.1, 0.15) is 10.6 Å². The number of imidazole rings is 1. The normalized spacial score (nSPS) is 11.5. The molecule has 3 aromatic heterocycles. The highest BCUT2D eigenvalue weighted by molar-refractivity contribution is 7.89. The lowest BCUT2D eigenvalue weighted by molar-refractivity contribution is 0.0991. The summed E-state index contributed by atoms with van der Waals surface area (Å²) in [5.41, 5.74) is 1.57. The van der Waals surface area contributed by atoms with Gasteiger partial charge in [-0.1, -0.05) is 41.7 Å². The van der Waals surface area contributed by atoms with Crippen molar-refractivity contribution >= 4 is 32.4 Å². The van der Waals surface area contributed by atoms with Gasteiger partial charge in [-0.05, 0) is 19.2 Å². The van der Waals surface area contributed by atoms with Crippen molar-refractivity contribution in [3.63, 3.8) is 0 Å². The molecular formula is C19H17N5O4S2. The summed E-state index contributed by atoms with van der Waals surface area (Å²) >= 11 is 1.27. The van der Waals surface area contributed by atoms with Gasteiger partial charge in [-0.3, -0.25) is 10.1 Å². The van der Waals surface area contributed by atoms with Crippen LogP contribution >= 0.6 is 11.3 Å². The molecule has 0 aliphatic heterocycles. The van der Waals surface area contributed by atoms with E-state index in [-0.39, 0.29) is 10.9 Å². The van der Waals surface area contributed by atoms with E-state index in [9.17, 15) is 13.2 Å². The molecule has 0 spiro atoms. The van der Waals surface area contributed by atoms with Crippen LogP contribution in [0.3, 0.4) is 0 Å². The largest absolute Gasteiger partial charge is 0.438 e. The molecule has 2 N–H and O–H groups in total. The van der Waals surface area contributed by atoms with Crippen LogP contribution in [-0.2, 0) is 17.1 Å². The lowest BCUT2D eigenvalue weighted by Gasteiger charge is -2.02. The van der Waals surface area contributed by atoms with E-state index in [0.717, 1.165) is 10.4 Å². The van der Waals surface area contributed by atoms with E-state index in [4.69, 9.17) is 4.42 Å². The van der Waals surface area contributed by atoms with Crippen molar-refractivity contribution in [3.05, 3.63) is 60.6 Å². The Morgan fingerprint density at radius 1 is 1.17 bits per heavy atom. The first-order valence-corrected chi connectivity index (χ1v) is 11.1. The molecule has 0 saturated carbocycles. The van der Waals surface area contributed by atoms with E-state index < -0.39 is 15.9 Å². The monoisotopic (exact) mass is 443 g/mol. The highest BCUT2D eigenvalue weighted by atomic mass is 32.2. The van der Waals surface area contributed by atoms with Crippen molar-refractivity contribution in [2.24, 2.45) is 7.05 Å². The third kappa shape index (κ3) is 3.77. The Morgan fingerprint density at radius 3 is 2.60 bits per heavy atom. The van der Waals surface area contributed by atoms with Gasteiger partial charge in [-0.15, -0.1) is 0 Å². The van der Waals surface area contributed by atoms with Crippen molar-refractivity contribution in [1.82, 2.24) is 19.3 Å². The molecule has 0 saturated heterocycles. The number of furan rings is 1. The van der Waals surface area contributed by atoms with Crippen molar-refractivity contribution in [1.29, 1.82) is 0 Å². The molecule has 1 amide bonds. The maximum atomic E-state index is 12.6. The molecule has 1 aromatic carbocycles. The number of carbonyl (C=O) groups is 1. The molecule has 154 valence electrons. The SMILES string of the molecule is CNS(=O)(=O)c1ccc(C(=O)Nc2nc(-c3ccccc3)c(-c3nccn3C)s2)o1. The van der Waals surface area contributed by atoms with E-state index >= 15 is 0 Å². The Labute approximate surface area is 176 Å². The van der Waals surface area contributed by atoms with Gasteiger partial charge in [0, 0.05) is 25.0 Å². The molecule has 0 unspecified atom stereocenters. The van der Waals surface area contributed by atoms with Crippen molar-refractivity contribution in [2.45, 2.75) is 5.09 Å². The lowest BCUT2D eigenvalue weighted by atomic mass is 10.1. The Bertz CT molecular complexity index is 1310. The van der Waals surface area contributed by atoms with Crippen LogP contribution in [0.25, 0.3) is 22.0 Å². The molecule has 0 aliphatic rings. The van der Waals surface area contributed by atoms with Gasteiger partial charge < -0.3 is 8.98 Å². The van der Waals surface area contributed by atoms with Crippen LogP contribution in [0.2, 0.25) is 0 Å². The molecule has 4 aromatic rings. The van der Waals surface area contributed by atoms with Crippen molar-refractivity contribution < 1.29 is 17.6 Å². The maximum absolute atomic E-state index is 12.6. The molecular weight excluding hydrogens is 426 g/mol. The third-order valence-corrected chi connectivity index (χ3v) is 6.51. The van der Waals surface area contributed by atoms with Gasteiger partial charge in [-0.25, -0.2) is 23.1 Å². The molecule has 0 atom stereocenters. The summed E-state index contributed by atoms with van der Waals surface area (Å²) in [5.74, 6) is -0.0293. The van der Waals surface area contributed by atoms with Gasteiger partial charge in [-0.2, -0.15) is 0 Å². The first-order chi connectivity index (χ1) is 14.4. The van der Waals surface area contributed by atoms with Crippen LogP contribution in [0.15, 0.2) is 64.4 Å². The van der Waals surface area contributed by atoms with Gasteiger partial charge in [0.15, 0.2) is 16.7 Å².